The van der Waals surface area contributed by atoms with Crippen molar-refractivity contribution in [1.82, 2.24) is 9.78 Å². The number of aliphatic carboxylic acids is 1. The molecule has 1 aromatic heterocycles. The van der Waals surface area contributed by atoms with E-state index in [1.165, 1.54) is 0 Å². The maximum absolute atomic E-state index is 11.2. The van der Waals surface area contributed by atoms with Gasteiger partial charge >= 0.3 is 5.97 Å². The number of carboxylic acid groups (broad SMARTS) is 1. The van der Waals surface area contributed by atoms with Gasteiger partial charge in [-0.3, -0.25) is 4.79 Å². The minimum absolute atomic E-state index is 0.559. The highest BCUT2D eigenvalue weighted by Crippen LogP contribution is 2.28. The Morgan fingerprint density at radius 2 is 2.00 bits per heavy atom. The van der Waals surface area contributed by atoms with Gasteiger partial charge in [0, 0.05) is 15.7 Å². The molecule has 0 saturated heterocycles. The van der Waals surface area contributed by atoms with Crippen molar-refractivity contribution in [3.8, 4) is 5.69 Å². The van der Waals surface area contributed by atoms with Crippen molar-refractivity contribution in [2.75, 3.05) is 0 Å². The van der Waals surface area contributed by atoms with Crippen molar-refractivity contribution in [3.05, 3.63) is 45.7 Å². The fourth-order valence-corrected chi connectivity index (χ4v) is 2.72. The molecular formula is C14H15BrN2O2. The van der Waals surface area contributed by atoms with Crippen LogP contribution < -0.4 is 0 Å². The lowest BCUT2D eigenvalue weighted by atomic mass is 9.99. The van der Waals surface area contributed by atoms with E-state index in [2.05, 4.69) is 21.0 Å². The number of para-hydroxylation sites is 1. The summed E-state index contributed by atoms with van der Waals surface area (Å²) in [4.78, 5) is 11.2. The molecule has 0 aliphatic rings. The monoisotopic (exact) mass is 322 g/mol. The van der Waals surface area contributed by atoms with E-state index in [1.54, 1.807) is 11.6 Å². The lowest BCUT2D eigenvalue weighted by Gasteiger charge is -2.09. The number of benzene rings is 1. The molecule has 1 heterocycles. The van der Waals surface area contributed by atoms with Crippen molar-refractivity contribution in [2.24, 2.45) is 0 Å². The van der Waals surface area contributed by atoms with Gasteiger partial charge in [-0.2, -0.15) is 5.10 Å². The first kappa shape index (κ1) is 13.8. The molecule has 5 heteroatoms. The zero-order valence-corrected chi connectivity index (χ0v) is 12.6. The number of carboxylic acids is 1. The molecular weight excluding hydrogens is 308 g/mol. The topological polar surface area (TPSA) is 55.1 Å². The zero-order valence-electron chi connectivity index (χ0n) is 11.0. The molecule has 0 aliphatic carbocycles. The van der Waals surface area contributed by atoms with Crippen LogP contribution in [0.25, 0.3) is 5.69 Å². The Balaban J connectivity index is 2.60. The first-order valence-corrected chi connectivity index (χ1v) is 6.76. The molecule has 100 valence electrons. The second-order valence-electron chi connectivity index (χ2n) is 4.51. The number of carbonyl (C=O) groups is 1. The van der Waals surface area contributed by atoms with E-state index in [0.29, 0.717) is 0 Å². The Morgan fingerprint density at radius 3 is 2.58 bits per heavy atom. The van der Waals surface area contributed by atoms with Crippen molar-refractivity contribution < 1.29 is 9.90 Å². The van der Waals surface area contributed by atoms with Gasteiger partial charge in [0.1, 0.15) is 0 Å². The lowest BCUT2D eigenvalue weighted by molar-refractivity contribution is -0.138. The van der Waals surface area contributed by atoms with Gasteiger partial charge < -0.3 is 5.11 Å². The predicted octanol–water partition coefficient (Wildman–Crippen LogP) is 3.44. The van der Waals surface area contributed by atoms with E-state index in [-0.39, 0.29) is 0 Å². The van der Waals surface area contributed by atoms with Gasteiger partial charge in [0.25, 0.3) is 0 Å². The van der Waals surface area contributed by atoms with Crippen LogP contribution in [0.5, 0.6) is 0 Å². The molecule has 0 radical (unpaired) electrons. The standard InChI is InChI=1S/C14H15BrN2O2/c1-8(14(18)19)13-9(2)16-17(10(13)3)12-7-5-4-6-11(12)15/h4-8H,1-3H3,(H,18,19). The number of rotatable bonds is 3. The van der Waals surface area contributed by atoms with Gasteiger partial charge in [0.15, 0.2) is 0 Å². The first-order valence-electron chi connectivity index (χ1n) is 5.97. The van der Waals surface area contributed by atoms with Crippen LogP contribution >= 0.6 is 15.9 Å². The predicted molar refractivity (Wildman–Crippen MR) is 76.8 cm³/mol. The molecule has 2 rings (SSSR count). The molecule has 0 saturated carbocycles. The van der Waals surface area contributed by atoms with Crippen LogP contribution in [0.2, 0.25) is 0 Å². The summed E-state index contributed by atoms with van der Waals surface area (Å²) < 4.78 is 2.71. The second kappa shape index (κ2) is 5.17. The van der Waals surface area contributed by atoms with Crippen LogP contribution in [-0.4, -0.2) is 20.9 Å². The number of aromatic nitrogens is 2. The highest BCUT2D eigenvalue weighted by Gasteiger charge is 2.23. The smallest absolute Gasteiger partial charge is 0.310 e. The summed E-state index contributed by atoms with van der Waals surface area (Å²) in [6.07, 6.45) is 0. The number of aryl methyl sites for hydroxylation is 1. The molecule has 0 aliphatic heterocycles. The van der Waals surface area contributed by atoms with Crippen molar-refractivity contribution in [2.45, 2.75) is 26.7 Å². The number of hydrogen-bond donors (Lipinski definition) is 1. The van der Waals surface area contributed by atoms with E-state index in [9.17, 15) is 9.90 Å². The first-order chi connectivity index (χ1) is 8.93. The highest BCUT2D eigenvalue weighted by molar-refractivity contribution is 9.10. The van der Waals surface area contributed by atoms with Crippen LogP contribution in [0.4, 0.5) is 0 Å². The van der Waals surface area contributed by atoms with E-state index < -0.39 is 11.9 Å². The van der Waals surface area contributed by atoms with Crippen LogP contribution in [0, 0.1) is 13.8 Å². The minimum atomic E-state index is -0.835. The van der Waals surface area contributed by atoms with Crippen LogP contribution in [0.15, 0.2) is 28.7 Å². The summed E-state index contributed by atoms with van der Waals surface area (Å²) >= 11 is 3.49. The molecule has 1 N–H and O–H groups in total. The van der Waals surface area contributed by atoms with Gasteiger partial charge in [0.2, 0.25) is 0 Å². The normalized spacial score (nSPS) is 12.4. The average molecular weight is 323 g/mol. The summed E-state index contributed by atoms with van der Waals surface area (Å²) in [5.74, 6) is -1.39. The Bertz CT molecular complexity index is 634. The molecule has 0 amide bonds. The van der Waals surface area contributed by atoms with Crippen molar-refractivity contribution >= 4 is 21.9 Å². The highest BCUT2D eigenvalue weighted by atomic mass is 79.9. The van der Waals surface area contributed by atoms with Crippen molar-refractivity contribution in [3.63, 3.8) is 0 Å². The average Bonchev–Trinajstić information content (AvgIpc) is 2.64. The quantitative estimate of drug-likeness (QED) is 0.941. The lowest BCUT2D eigenvalue weighted by Crippen LogP contribution is -2.09. The Hall–Kier alpha value is -1.62. The number of halogens is 1. The maximum atomic E-state index is 11.2. The van der Waals surface area contributed by atoms with Crippen LogP contribution in [0.1, 0.15) is 29.8 Å². The molecule has 2 aromatic rings. The summed E-state index contributed by atoms with van der Waals surface area (Å²) in [6.45, 7) is 5.42. The van der Waals surface area contributed by atoms with Crippen LogP contribution in [0.3, 0.4) is 0 Å². The number of hydrogen-bond acceptors (Lipinski definition) is 2. The Labute approximate surface area is 120 Å². The fraction of sp³-hybridized carbons (Fsp3) is 0.286. The summed E-state index contributed by atoms with van der Waals surface area (Å²) in [5, 5.41) is 13.6. The van der Waals surface area contributed by atoms with E-state index in [0.717, 1.165) is 27.1 Å². The van der Waals surface area contributed by atoms with Gasteiger partial charge in [-0.15, -0.1) is 0 Å². The van der Waals surface area contributed by atoms with Gasteiger partial charge in [-0.1, -0.05) is 12.1 Å². The molecule has 1 aromatic carbocycles. The molecule has 0 fully saturated rings. The molecule has 0 spiro atoms. The number of nitrogens with zero attached hydrogens (tertiary/aromatic N) is 2. The minimum Gasteiger partial charge on any atom is -0.481 e. The van der Waals surface area contributed by atoms with Crippen molar-refractivity contribution in [1.29, 1.82) is 0 Å². The van der Waals surface area contributed by atoms with Gasteiger partial charge in [0.05, 0.1) is 17.3 Å². The Morgan fingerprint density at radius 1 is 1.37 bits per heavy atom. The third-order valence-electron chi connectivity index (χ3n) is 3.23. The SMILES string of the molecule is Cc1nn(-c2ccccc2Br)c(C)c1C(C)C(=O)O. The van der Waals surface area contributed by atoms with Crippen LogP contribution in [-0.2, 0) is 4.79 Å². The largest absolute Gasteiger partial charge is 0.481 e. The third kappa shape index (κ3) is 2.42. The summed E-state index contributed by atoms with van der Waals surface area (Å²) in [5.41, 5.74) is 3.30. The molecule has 19 heavy (non-hydrogen) atoms. The van der Waals surface area contributed by atoms with E-state index in [4.69, 9.17) is 0 Å². The maximum Gasteiger partial charge on any atom is 0.310 e. The summed E-state index contributed by atoms with van der Waals surface area (Å²) in [6, 6.07) is 7.74. The second-order valence-corrected chi connectivity index (χ2v) is 5.36. The summed E-state index contributed by atoms with van der Waals surface area (Å²) in [7, 11) is 0. The van der Waals surface area contributed by atoms with Gasteiger partial charge in [-0.05, 0) is 48.8 Å². The van der Waals surface area contributed by atoms with Gasteiger partial charge in [-0.25, -0.2) is 4.68 Å². The van der Waals surface area contributed by atoms with E-state index in [1.807, 2.05) is 38.1 Å². The molecule has 1 atom stereocenters. The fourth-order valence-electron chi connectivity index (χ4n) is 2.26. The van der Waals surface area contributed by atoms with E-state index >= 15 is 0 Å². The third-order valence-corrected chi connectivity index (χ3v) is 3.90. The zero-order chi connectivity index (χ0) is 14.2. The molecule has 0 bridgehead atoms. The molecule has 1 unspecified atom stereocenters. The Kier molecular flexibility index (Phi) is 3.75. The molecule has 4 nitrogen and oxygen atoms in total.